The zero-order valence-corrected chi connectivity index (χ0v) is 12.0. The van der Waals surface area contributed by atoms with E-state index in [9.17, 15) is 4.39 Å². The number of benzene rings is 1. The van der Waals surface area contributed by atoms with Crippen molar-refractivity contribution in [2.75, 3.05) is 7.05 Å². The van der Waals surface area contributed by atoms with Crippen LogP contribution in [0.5, 0.6) is 0 Å². The molecule has 1 aromatic rings. The van der Waals surface area contributed by atoms with Crippen LogP contribution in [-0.4, -0.2) is 13.1 Å². The molecule has 1 nitrogen and oxygen atoms in total. The van der Waals surface area contributed by atoms with E-state index in [4.69, 9.17) is 0 Å². The monoisotopic (exact) mass is 299 g/mol. The lowest BCUT2D eigenvalue weighted by Crippen LogP contribution is -2.24. The summed E-state index contributed by atoms with van der Waals surface area (Å²) in [5.74, 6) is -0.182. The second-order valence-corrected chi connectivity index (χ2v) is 6.32. The number of rotatable bonds is 3. The van der Waals surface area contributed by atoms with Gasteiger partial charge >= 0.3 is 0 Å². The van der Waals surface area contributed by atoms with Crippen molar-refractivity contribution in [3.8, 4) is 0 Å². The Morgan fingerprint density at radius 1 is 1.53 bits per heavy atom. The Kier molecular flexibility index (Phi) is 3.88. The SMILES string of the molecule is CNC1CCC(C)(Cc2ccc(F)c(Br)c2)C1. The van der Waals surface area contributed by atoms with Gasteiger partial charge in [-0.3, -0.25) is 0 Å². The zero-order chi connectivity index (χ0) is 12.5. The van der Waals surface area contributed by atoms with Crippen LogP contribution in [0.4, 0.5) is 4.39 Å². The van der Waals surface area contributed by atoms with Crippen LogP contribution in [-0.2, 0) is 6.42 Å². The van der Waals surface area contributed by atoms with Crippen molar-refractivity contribution in [2.24, 2.45) is 5.41 Å². The third-order valence-corrected chi connectivity index (χ3v) is 4.47. The number of halogens is 2. The third-order valence-electron chi connectivity index (χ3n) is 3.86. The second-order valence-electron chi connectivity index (χ2n) is 5.46. The predicted molar refractivity (Wildman–Crippen MR) is 72.6 cm³/mol. The van der Waals surface area contributed by atoms with Gasteiger partial charge in [-0.25, -0.2) is 4.39 Å². The summed E-state index contributed by atoms with van der Waals surface area (Å²) in [6.45, 7) is 2.33. The summed E-state index contributed by atoms with van der Waals surface area (Å²) in [6.07, 6.45) is 4.73. The van der Waals surface area contributed by atoms with Crippen molar-refractivity contribution in [3.05, 3.63) is 34.1 Å². The molecule has 1 N–H and O–H groups in total. The molecule has 0 saturated heterocycles. The summed E-state index contributed by atoms with van der Waals surface area (Å²) >= 11 is 3.25. The molecule has 0 radical (unpaired) electrons. The molecule has 94 valence electrons. The van der Waals surface area contributed by atoms with Crippen molar-refractivity contribution in [1.82, 2.24) is 5.32 Å². The van der Waals surface area contributed by atoms with Crippen molar-refractivity contribution < 1.29 is 4.39 Å². The summed E-state index contributed by atoms with van der Waals surface area (Å²) in [7, 11) is 2.03. The maximum Gasteiger partial charge on any atom is 0.137 e. The molecule has 1 saturated carbocycles. The topological polar surface area (TPSA) is 12.0 Å². The van der Waals surface area contributed by atoms with Crippen LogP contribution in [0.3, 0.4) is 0 Å². The fourth-order valence-corrected chi connectivity index (χ4v) is 3.30. The van der Waals surface area contributed by atoms with Crippen LogP contribution in [0.1, 0.15) is 31.7 Å². The van der Waals surface area contributed by atoms with Crippen molar-refractivity contribution >= 4 is 15.9 Å². The Morgan fingerprint density at radius 3 is 2.88 bits per heavy atom. The van der Waals surface area contributed by atoms with E-state index in [0.29, 0.717) is 15.9 Å². The maximum atomic E-state index is 13.2. The summed E-state index contributed by atoms with van der Waals surface area (Å²) < 4.78 is 13.7. The van der Waals surface area contributed by atoms with Crippen LogP contribution in [0.15, 0.2) is 22.7 Å². The van der Waals surface area contributed by atoms with Gasteiger partial charge in [0.1, 0.15) is 5.82 Å². The van der Waals surface area contributed by atoms with Gasteiger partial charge in [-0.1, -0.05) is 13.0 Å². The van der Waals surface area contributed by atoms with Crippen LogP contribution >= 0.6 is 15.9 Å². The van der Waals surface area contributed by atoms with E-state index in [-0.39, 0.29) is 5.82 Å². The van der Waals surface area contributed by atoms with Crippen molar-refractivity contribution in [2.45, 2.75) is 38.6 Å². The Balaban J connectivity index is 2.08. The summed E-state index contributed by atoms with van der Waals surface area (Å²) in [5, 5.41) is 3.36. The average molecular weight is 300 g/mol. The Morgan fingerprint density at radius 2 is 2.29 bits per heavy atom. The lowest BCUT2D eigenvalue weighted by Gasteiger charge is -2.24. The lowest BCUT2D eigenvalue weighted by molar-refractivity contribution is 0.324. The van der Waals surface area contributed by atoms with Crippen LogP contribution < -0.4 is 5.32 Å². The predicted octanol–water partition coefficient (Wildman–Crippen LogP) is 3.91. The summed E-state index contributed by atoms with van der Waals surface area (Å²) in [6, 6.07) is 6.00. The van der Waals surface area contributed by atoms with E-state index in [2.05, 4.69) is 28.2 Å². The van der Waals surface area contributed by atoms with E-state index in [0.717, 1.165) is 6.42 Å². The van der Waals surface area contributed by atoms with Gasteiger partial charge in [-0.2, -0.15) is 0 Å². The molecule has 1 fully saturated rings. The Hall–Kier alpha value is -0.410. The molecule has 1 aliphatic rings. The molecule has 17 heavy (non-hydrogen) atoms. The normalized spacial score (nSPS) is 28.6. The van der Waals surface area contributed by atoms with E-state index < -0.39 is 0 Å². The molecule has 0 aliphatic heterocycles. The first-order valence-corrected chi connectivity index (χ1v) is 6.93. The van der Waals surface area contributed by atoms with Gasteiger partial charge in [0.25, 0.3) is 0 Å². The average Bonchev–Trinajstić information content (AvgIpc) is 2.66. The standard InChI is InChI=1S/C14H19BrFN/c1-14(6-5-11(9-14)17-2)8-10-3-4-13(16)12(15)7-10/h3-4,7,11,17H,5-6,8-9H2,1-2H3. The van der Waals surface area contributed by atoms with Gasteiger partial charge in [0.05, 0.1) is 4.47 Å². The second kappa shape index (κ2) is 5.07. The van der Waals surface area contributed by atoms with Crippen LogP contribution in [0.2, 0.25) is 0 Å². The molecule has 3 heteroatoms. The van der Waals surface area contributed by atoms with E-state index in [1.54, 1.807) is 6.07 Å². The van der Waals surface area contributed by atoms with Crippen molar-refractivity contribution in [1.29, 1.82) is 0 Å². The number of hydrogen-bond donors (Lipinski definition) is 1. The molecular formula is C14H19BrFN. The van der Waals surface area contributed by atoms with E-state index in [1.807, 2.05) is 19.2 Å². The molecule has 0 aromatic heterocycles. The summed E-state index contributed by atoms with van der Waals surface area (Å²) in [4.78, 5) is 0. The Labute approximate surface area is 111 Å². The number of hydrogen-bond acceptors (Lipinski definition) is 1. The van der Waals surface area contributed by atoms with E-state index >= 15 is 0 Å². The fourth-order valence-electron chi connectivity index (χ4n) is 2.87. The zero-order valence-electron chi connectivity index (χ0n) is 10.4. The largest absolute Gasteiger partial charge is 0.317 e. The lowest BCUT2D eigenvalue weighted by atomic mass is 9.82. The Bertz CT molecular complexity index is 407. The quantitative estimate of drug-likeness (QED) is 0.892. The minimum atomic E-state index is -0.182. The molecule has 2 atom stereocenters. The van der Waals surface area contributed by atoms with Crippen molar-refractivity contribution in [3.63, 3.8) is 0 Å². The van der Waals surface area contributed by atoms with Crippen LogP contribution in [0, 0.1) is 11.2 Å². The van der Waals surface area contributed by atoms with Gasteiger partial charge in [0, 0.05) is 6.04 Å². The molecule has 0 heterocycles. The van der Waals surface area contributed by atoms with Gasteiger partial charge in [-0.15, -0.1) is 0 Å². The first-order chi connectivity index (χ1) is 8.02. The highest BCUT2D eigenvalue weighted by atomic mass is 79.9. The molecule has 2 rings (SSSR count). The first-order valence-electron chi connectivity index (χ1n) is 6.14. The molecule has 0 bridgehead atoms. The first kappa shape index (κ1) is 13.0. The molecule has 1 aliphatic carbocycles. The highest BCUT2D eigenvalue weighted by Gasteiger charge is 2.34. The van der Waals surface area contributed by atoms with E-state index in [1.165, 1.54) is 24.8 Å². The molecule has 0 amide bonds. The smallest absolute Gasteiger partial charge is 0.137 e. The third kappa shape index (κ3) is 3.08. The highest BCUT2D eigenvalue weighted by Crippen LogP contribution is 2.40. The minimum Gasteiger partial charge on any atom is -0.317 e. The van der Waals surface area contributed by atoms with Gasteiger partial charge in [0.2, 0.25) is 0 Å². The fraction of sp³-hybridized carbons (Fsp3) is 0.571. The minimum absolute atomic E-state index is 0.182. The van der Waals surface area contributed by atoms with Crippen LogP contribution in [0.25, 0.3) is 0 Å². The highest BCUT2D eigenvalue weighted by molar-refractivity contribution is 9.10. The van der Waals surface area contributed by atoms with Gasteiger partial charge in [-0.05, 0) is 71.8 Å². The maximum absolute atomic E-state index is 13.2. The molecular weight excluding hydrogens is 281 g/mol. The van der Waals surface area contributed by atoms with Gasteiger partial charge < -0.3 is 5.32 Å². The summed E-state index contributed by atoms with van der Waals surface area (Å²) in [5.41, 5.74) is 1.57. The molecule has 0 spiro atoms. The number of nitrogens with one attached hydrogen (secondary N) is 1. The molecule has 2 unspecified atom stereocenters. The molecule has 1 aromatic carbocycles. The van der Waals surface area contributed by atoms with Gasteiger partial charge in [0.15, 0.2) is 0 Å².